The molecule has 3 heteroatoms. The summed E-state index contributed by atoms with van der Waals surface area (Å²) in [7, 11) is 1.64. The molecule has 48 valence electrons. The summed E-state index contributed by atoms with van der Waals surface area (Å²) in [5.41, 5.74) is -0.0747. The van der Waals surface area contributed by atoms with Gasteiger partial charge in [0.2, 0.25) is 0 Å². The average Bonchev–Trinajstić information content (AvgIpc) is 1.67. The van der Waals surface area contributed by atoms with E-state index in [0.29, 0.717) is 6.61 Å². The molecular weight excluding hydrogens is 103 g/mol. The Morgan fingerprint density at radius 3 is 2.25 bits per heavy atom. The van der Waals surface area contributed by atoms with Crippen LogP contribution in [0.15, 0.2) is 0 Å². The maximum atomic E-state index is 8.65. The Bertz CT molecular complexity index is 63.4. The monoisotopic (exact) mass is 116 g/mol. The number of aliphatic hydroxyl groups is 1. The van der Waals surface area contributed by atoms with Gasteiger partial charge in [0.25, 0.3) is 8.05 Å². The Hall–Kier alpha value is -0.0151. The zero-order chi connectivity index (χ0) is 6.62. The summed E-state index contributed by atoms with van der Waals surface area (Å²) in [6.07, 6.45) is 0. The lowest BCUT2D eigenvalue weighted by molar-refractivity contribution is 0.103. The summed E-state index contributed by atoms with van der Waals surface area (Å²) in [5, 5.41) is 8.65. The maximum Gasteiger partial charge on any atom is 0.257 e. The first-order valence-electron chi connectivity index (χ1n) is 2.72. The van der Waals surface area contributed by atoms with E-state index in [1.54, 1.807) is 8.05 Å². The van der Waals surface area contributed by atoms with Crippen LogP contribution < -0.4 is 0 Å². The molecule has 0 rings (SSSR count). The molecule has 0 aliphatic heterocycles. The van der Waals surface area contributed by atoms with E-state index in [9.17, 15) is 0 Å². The lowest BCUT2D eigenvalue weighted by Gasteiger charge is -2.19. The zero-order valence-corrected chi connectivity index (χ0v) is 5.77. The first kappa shape index (κ1) is 7.98. The van der Waals surface area contributed by atoms with Crippen LogP contribution in [0, 0.1) is 5.41 Å². The fourth-order valence-corrected chi connectivity index (χ4v) is 0.436. The van der Waals surface area contributed by atoms with Crippen molar-refractivity contribution < 1.29 is 9.76 Å². The summed E-state index contributed by atoms with van der Waals surface area (Å²) >= 11 is 0. The van der Waals surface area contributed by atoms with Crippen molar-refractivity contribution in [1.29, 1.82) is 0 Å². The molecule has 0 bridgehead atoms. The van der Waals surface area contributed by atoms with E-state index in [0.717, 1.165) is 0 Å². The molecule has 0 atom stereocenters. The van der Waals surface area contributed by atoms with Crippen molar-refractivity contribution in [3.05, 3.63) is 0 Å². The molecule has 1 N–H and O–H groups in total. The van der Waals surface area contributed by atoms with Crippen LogP contribution in [0.3, 0.4) is 0 Å². The van der Waals surface area contributed by atoms with Gasteiger partial charge in [0, 0.05) is 12.0 Å². The summed E-state index contributed by atoms with van der Waals surface area (Å²) < 4.78 is 4.84. The summed E-state index contributed by atoms with van der Waals surface area (Å²) in [5.74, 6) is 0. The number of aliphatic hydroxyl groups excluding tert-OH is 1. The van der Waals surface area contributed by atoms with E-state index >= 15 is 0 Å². The second-order valence-corrected chi connectivity index (χ2v) is 2.76. The van der Waals surface area contributed by atoms with Crippen molar-refractivity contribution in [2.24, 2.45) is 5.41 Å². The third-order valence-electron chi connectivity index (χ3n) is 0.963. The second-order valence-electron chi connectivity index (χ2n) is 2.76. The van der Waals surface area contributed by atoms with Gasteiger partial charge in [-0.2, -0.15) is 0 Å². The van der Waals surface area contributed by atoms with Crippen molar-refractivity contribution in [3.63, 3.8) is 0 Å². The van der Waals surface area contributed by atoms with E-state index in [2.05, 4.69) is 0 Å². The molecule has 0 fully saturated rings. The smallest absolute Gasteiger partial charge is 0.257 e. The molecule has 0 aliphatic carbocycles. The molecule has 0 saturated heterocycles. The van der Waals surface area contributed by atoms with Crippen LogP contribution in [0.4, 0.5) is 0 Å². The van der Waals surface area contributed by atoms with Crippen molar-refractivity contribution in [1.82, 2.24) is 0 Å². The molecule has 0 unspecified atom stereocenters. The summed E-state index contributed by atoms with van der Waals surface area (Å²) in [6, 6.07) is 0. The standard InChI is InChI=1S/C5H13BO2/c1-5(2,3-7)4-8-6/h7H,3-4,6H2,1-2H3. The molecule has 0 aromatic heterocycles. The van der Waals surface area contributed by atoms with E-state index in [1.807, 2.05) is 13.8 Å². The fraction of sp³-hybridized carbons (Fsp3) is 1.00. The van der Waals surface area contributed by atoms with Crippen LogP contribution in [0.5, 0.6) is 0 Å². The summed E-state index contributed by atoms with van der Waals surface area (Å²) in [4.78, 5) is 0. The third kappa shape index (κ3) is 3.05. The summed E-state index contributed by atoms with van der Waals surface area (Å²) in [6.45, 7) is 4.71. The highest BCUT2D eigenvalue weighted by Gasteiger charge is 2.14. The normalized spacial score (nSPS) is 11.9. The Balaban J connectivity index is 3.37. The highest BCUT2D eigenvalue weighted by Crippen LogP contribution is 2.12. The lowest BCUT2D eigenvalue weighted by Crippen LogP contribution is -2.22. The maximum absolute atomic E-state index is 8.65. The van der Waals surface area contributed by atoms with E-state index in [-0.39, 0.29) is 12.0 Å². The molecule has 0 aromatic rings. The number of hydrogen-bond donors (Lipinski definition) is 1. The van der Waals surface area contributed by atoms with Crippen molar-refractivity contribution in [2.45, 2.75) is 13.8 Å². The molecule has 0 aliphatic rings. The van der Waals surface area contributed by atoms with Gasteiger partial charge < -0.3 is 9.76 Å². The molecule has 0 saturated carbocycles. The van der Waals surface area contributed by atoms with Gasteiger partial charge in [-0.1, -0.05) is 13.8 Å². The van der Waals surface area contributed by atoms with Gasteiger partial charge in [0.05, 0.1) is 6.61 Å². The average molecular weight is 116 g/mol. The van der Waals surface area contributed by atoms with Gasteiger partial charge in [0.1, 0.15) is 0 Å². The topological polar surface area (TPSA) is 29.5 Å². The van der Waals surface area contributed by atoms with Crippen LogP contribution in [-0.2, 0) is 4.65 Å². The molecule has 2 nitrogen and oxygen atoms in total. The van der Waals surface area contributed by atoms with Gasteiger partial charge in [-0.15, -0.1) is 0 Å². The molecule has 8 heavy (non-hydrogen) atoms. The predicted octanol–water partition coefficient (Wildman–Crippen LogP) is -0.430. The van der Waals surface area contributed by atoms with Crippen LogP contribution in [0.1, 0.15) is 13.8 Å². The molecule has 0 amide bonds. The quantitative estimate of drug-likeness (QED) is 0.507. The molecule has 0 aromatic carbocycles. The van der Waals surface area contributed by atoms with E-state index in [1.165, 1.54) is 0 Å². The van der Waals surface area contributed by atoms with Gasteiger partial charge in [0.15, 0.2) is 0 Å². The van der Waals surface area contributed by atoms with Crippen molar-refractivity contribution in [3.8, 4) is 0 Å². The van der Waals surface area contributed by atoms with E-state index in [4.69, 9.17) is 9.76 Å². The largest absolute Gasteiger partial charge is 0.443 e. The Morgan fingerprint density at radius 2 is 2.12 bits per heavy atom. The lowest BCUT2D eigenvalue weighted by atomic mass is 9.96. The van der Waals surface area contributed by atoms with Crippen LogP contribution in [0.2, 0.25) is 0 Å². The predicted molar refractivity (Wildman–Crippen MR) is 35.4 cm³/mol. The Morgan fingerprint density at radius 1 is 1.62 bits per heavy atom. The minimum Gasteiger partial charge on any atom is -0.443 e. The Kier molecular flexibility index (Phi) is 3.09. The fourth-order valence-electron chi connectivity index (χ4n) is 0.436. The molecule has 0 radical (unpaired) electrons. The molecule has 0 spiro atoms. The SMILES string of the molecule is BOCC(C)(C)CO. The van der Waals surface area contributed by atoms with Gasteiger partial charge in [-0.05, 0) is 0 Å². The zero-order valence-electron chi connectivity index (χ0n) is 5.77. The van der Waals surface area contributed by atoms with Crippen LogP contribution in [-0.4, -0.2) is 26.4 Å². The van der Waals surface area contributed by atoms with Crippen LogP contribution >= 0.6 is 0 Å². The number of rotatable bonds is 3. The molecule has 0 heterocycles. The van der Waals surface area contributed by atoms with Gasteiger partial charge in [-0.3, -0.25) is 0 Å². The number of hydrogen-bond acceptors (Lipinski definition) is 2. The highest BCUT2D eigenvalue weighted by molar-refractivity contribution is 5.97. The third-order valence-corrected chi connectivity index (χ3v) is 0.963. The van der Waals surface area contributed by atoms with Crippen molar-refractivity contribution >= 4 is 8.05 Å². The Labute approximate surface area is 51.3 Å². The minimum atomic E-state index is -0.0747. The molecular formula is C5H13BO2. The highest BCUT2D eigenvalue weighted by atomic mass is 16.4. The van der Waals surface area contributed by atoms with Gasteiger partial charge >= 0.3 is 0 Å². The second kappa shape index (κ2) is 3.10. The van der Waals surface area contributed by atoms with Gasteiger partial charge in [-0.25, -0.2) is 0 Å². The minimum absolute atomic E-state index is 0.0747. The van der Waals surface area contributed by atoms with Crippen molar-refractivity contribution in [2.75, 3.05) is 13.2 Å². The first-order valence-corrected chi connectivity index (χ1v) is 2.72. The van der Waals surface area contributed by atoms with E-state index < -0.39 is 0 Å². The first-order chi connectivity index (χ1) is 3.62. The van der Waals surface area contributed by atoms with Crippen LogP contribution in [0.25, 0.3) is 0 Å².